The summed E-state index contributed by atoms with van der Waals surface area (Å²) < 4.78 is 23.3. The molecule has 0 saturated heterocycles. The molecule has 0 radical (unpaired) electrons. The SMILES string of the molecule is CC(F)(F)C(=O)C(=O)O. The molecule has 0 saturated carbocycles. The summed E-state index contributed by atoms with van der Waals surface area (Å²) in [5, 5.41) is 7.69. The second-order valence-corrected chi connectivity index (χ2v) is 1.52. The molecule has 9 heavy (non-hydrogen) atoms. The highest BCUT2D eigenvalue weighted by molar-refractivity contribution is 6.35. The zero-order valence-corrected chi connectivity index (χ0v) is 4.52. The van der Waals surface area contributed by atoms with E-state index < -0.39 is 17.7 Å². The molecule has 0 atom stereocenters. The summed E-state index contributed by atoms with van der Waals surface area (Å²) in [7, 11) is 0. The van der Waals surface area contributed by atoms with Crippen LogP contribution in [0.5, 0.6) is 0 Å². The second-order valence-electron chi connectivity index (χ2n) is 1.52. The van der Waals surface area contributed by atoms with E-state index in [0.29, 0.717) is 0 Å². The molecule has 0 unspecified atom stereocenters. The summed E-state index contributed by atoms with van der Waals surface area (Å²) in [6.07, 6.45) is 0. The lowest BCUT2D eigenvalue weighted by Gasteiger charge is -2.02. The number of aliphatic carboxylic acids is 1. The monoisotopic (exact) mass is 138 g/mol. The van der Waals surface area contributed by atoms with Gasteiger partial charge in [0.05, 0.1) is 0 Å². The van der Waals surface area contributed by atoms with Crippen molar-refractivity contribution in [1.29, 1.82) is 0 Å². The van der Waals surface area contributed by atoms with Crippen LogP contribution in [-0.2, 0) is 9.59 Å². The molecule has 1 N–H and O–H groups in total. The fourth-order valence-electron chi connectivity index (χ4n) is 0.188. The maximum absolute atomic E-state index is 11.6. The Hall–Kier alpha value is -1.00. The van der Waals surface area contributed by atoms with Crippen molar-refractivity contribution in [3.8, 4) is 0 Å². The van der Waals surface area contributed by atoms with Gasteiger partial charge in [0.15, 0.2) is 0 Å². The summed E-state index contributed by atoms with van der Waals surface area (Å²) in [5.41, 5.74) is 0. The molecule has 0 bridgehead atoms. The fraction of sp³-hybridized carbons (Fsp3) is 0.500. The molecule has 0 rings (SSSR count). The predicted molar refractivity (Wildman–Crippen MR) is 23.3 cm³/mol. The Morgan fingerprint density at radius 1 is 1.44 bits per heavy atom. The Morgan fingerprint density at radius 3 is 1.78 bits per heavy atom. The number of hydrogen-bond donors (Lipinski definition) is 1. The van der Waals surface area contributed by atoms with Gasteiger partial charge in [0.2, 0.25) is 0 Å². The first kappa shape index (κ1) is 8.00. The Labute approximate surface area is 49.3 Å². The van der Waals surface area contributed by atoms with E-state index in [1.165, 1.54) is 0 Å². The van der Waals surface area contributed by atoms with Gasteiger partial charge >= 0.3 is 17.7 Å². The van der Waals surface area contributed by atoms with Gasteiger partial charge in [0.25, 0.3) is 0 Å². The maximum atomic E-state index is 11.6. The van der Waals surface area contributed by atoms with Crippen LogP contribution in [0.1, 0.15) is 6.92 Å². The third kappa shape index (κ3) is 2.16. The van der Waals surface area contributed by atoms with Crippen LogP contribution in [0.4, 0.5) is 8.78 Å². The molecule has 0 aliphatic heterocycles. The van der Waals surface area contributed by atoms with E-state index in [0.717, 1.165) is 0 Å². The normalized spacial score (nSPS) is 11.0. The molecule has 0 spiro atoms. The van der Waals surface area contributed by atoms with E-state index in [1.807, 2.05) is 0 Å². The zero-order valence-electron chi connectivity index (χ0n) is 4.52. The van der Waals surface area contributed by atoms with Crippen LogP contribution in [0.2, 0.25) is 0 Å². The van der Waals surface area contributed by atoms with Crippen LogP contribution in [0.15, 0.2) is 0 Å². The molecule has 0 aromatic carbocycles. The lowest BCUT2D eigenvalue weighted by molar-refractivity contribution is -0.160. The highest BCUT2D eigenvalue weighted by Gasteiger charge is 2.37. The van der Waals surface area contributed by atoms with Crippen molar-refractivity contribution in [1.82, 2.24) is 0 Å². The minimum atomic E-state index is -3.76. The van der Waals surface area contributed by atoms with Crippen molar-refractivity contribution >= 4 is 11.8 Å². The van der Waals surface area contributed by atoms with Crippen molar-refractivity contribution < 1.29 is 23.5 Å². The number of alkyl halides is 2. The topological polar surface area (TPSA) is 54.4 Å². The zero-order chi connectivity index (χ0) is 7.65. The van der Waals surface area contributed by atoms with Crippen molar-refractivity contribution in [3.05, 3.63) is 0 Å². The van der Waals surface area contributed by atoms with Gasteiger partial charge in [0.1, 0.15) is 0 Å². The van der Waals surface area contributed by atoms with Gasteiger partial charge in [-0.25, -0.2) is 4.79 Å². The smallest absolute Gasteiger partial charge is 0.378 e. The van der Waals surface area contributed by atoms with Crippen LogP contribution in [0, 0.1) is 0 Å². The highest BCUT2D eigenvalue weighted by Crippen LogP contribution is 2.11. The summed E-state index contributed by atoms with van der Waals surface area (Å²) >= 11 is 0. The summed E-state index contributed by atoms with van der Waals surface area (Å²) in [5.74, 6) is -7.95. The first-order chi connectivity index (χ1) is 3.85. The van der Waals surface area contributed by atoms with Gasteiger partial charge in [-0.3, -0.25) is 4.79 Å². The average molecular weight is 138 g/mol. The standard InChI is InChI=1S/C4H4F2O3/c1-4(5,6)2(7)3(8)9/h1H3,(H,8,9). The average Bonchev–Trinajstić information content (AvgIpc) is 1.62. The van der Waals surface area contributed by atoms with Crippen molar-refractivity contribution in [3.63, 3.8) is 0 Å². The maximum Gasteiger partial charge on any atom is 0.378 e. The molecule has 0 heterocycles. The number of carboxylic acid groups (broad SMARTS) is 1. The molecule has 0 aromatic heterocycles. The first-order valence-corrected chi connectivity index (χ1v) is 2.01. The van der Waals surface area contributed by atoms with Gasteiger partial charge in [0, 0.05) is 6.92 Å². The number of ketones is 1. The predicted octanol–water partition coefficient (Wildman–Crippen LogP) is 0.295. The van der Waals surface area contributed by atoms with Crippen LogP contribution in [0.3, 0.4) is 0 Å². The van der Waals surface area contributed by atoms with Gasteiger partial charge in [-0.1, -0.05) is 0 Å². The van der Waals surface area contributed by atoms with Crippen LogP contribution >= 0.6 is 0 Å². The van der Waals surface area contributed by atoms with E-state index in [-0.39, 0.29) is 6.92 Å². The third-order valence-electron chi connectivity index (χ3n) is 0.593. The van der Waals surface area contributed by atoms with Crippen molar-refractivity contribution in [2.75, 3.05) is 0 Å². The Morgan fingerprint density at radius 2 is 1.78 bits per heavy atom. The molecule has 0 aromatic rings. The van der Waals surface area contributed by atoms with Gasteiger partial charge in [-0.2, -0.15) is 8.78 Å². The summed E-state index contributed by atoms with van der Waals surface area (Å²) in [6.45, 7) is 0.240. The molecular weight excluding hydrogens is 134 g/mol. The Balaban J connectivity index is 4.23. The van der Waals surface area contributed by atoms with E-state index >= 15 is 0 Å². The van der Waals surface area contributed by atoms with Crippen LogP contribution < -0.4 is 0 Å². The molecular formula is C4H4F2O3. The second kappa shape index (κ2) is 2.08. The number of carbonyl (C=O) groups is 2. The van der Waals surface area contributed by atoms with E-state index in [2.05, 4.69) is 0 Å². The highest BCUT2D eigenvalue weighted by atomic mass is 19.3. The van der Waals surface area contributed by atoms with Crippen LogP contribution in [-0.4, -0.2) is 22.8 Å². The molecule has 0 fully saturated rings. The number of rotatable bonds is 2. The van der Waals surface area contributed by atoms with E-state index in [4.69, 9.17) is 5.11 Å². The Bertz CT molecular complexity index is 146. The molecule has 5 heteroatoms. The van der Waals surface area contributed by atoms with E-state index in [9.17, 15) is 18.4 Å². The number of halogens is 2. The third-order valence-corrected chi connectivity index (χ3v) is 0.593. The molecule has 52 valence electrons. The number of hydrogen-bond acceptors (Lipinski definition) is 2. The Kier molecular flexibility index (Phi) is 1.85. The summed E-state index contributed by atoms with van der Waals surface area (Å²) in [4.78, 5) is 19.3. The molecule has 0 amide bonds. The van der Waals surface area contributed by atoms with Crippen molar-refractivity contribution in [2.45, 2.75) is 12.8 Å². The van der Waals surface area contributed by atoms with E-state index in [1.54, 1.807) is 0 Å². The number of carboxylic acids is 1. The lowest BCUT2D eigenvalue weighted by atomic mass is 10.2. The minimum Gasteiger partial charge on any atom is -0.475 e. The van der Waals surface area contributed by atoms with Crippen LogP contribution in [0.25, 0.3) is 0 Å². The van der Waals surface area contributed by atoms with Gasteiger partial charge in [-0.05, 0) is 0 Å². The lowest BCUT2D eigenvalue weighted by Crippen LogP contribution is -2.31. The first-order valence-electron chi connectivity index (χ1n) is 2.01. The molecule has 0 aliphatic carbocycles. The number of Topliss-reactive ketones (excluding diaryl/α,β-unsaturated/α-hetero) is 1. The van der Waals surface area contributed by atoms with Gasteiger partial charge in [-0.15, -0.1) is 0 Å². The molecule has 3 nitrogen and oxygen atoms in total. The van der Waals surface area contributed by atoms with Gasteiger partial charge < -0.3 is 5.11 Å². The minimum absolute atomic E-state index is 0.240. The summed E-state index contributed by atoms with van der Waals surface area (Å²) in [6, 6.07) is 0. The quantitative estimate of drug-likeness (QED) is 0.558. The van der Waals surface area contributed by atoms with Crippen molar-refractivity contribution in [2.24, 2.45) is 0 Å². The molecule has 0 aliphatic rings. The largest absolute Gasteiger partial charge is 0.475 e. The fourth-order valence-corrected chi connectivity index (χ4v) is 0.188. The number of carbonyl (C=O) groups excluding carboxylic acids is 1.